The Bertz CT molecular complexity index is 815. The number of carbonyl (C=O) groups is 3. The van der Waals surface area contributed by atoms with Crippen LogP contribution in [0.4, 0.5) is 5.69 Å². The molecule has 148 valence electrons. The molecule has 3 rings (SSSR count). The van der Waals surface area contributed by atoms with Gasteiger partial charge in [-0.05, 0) is 88.5 Å². The van der Waals surface area contributed by atoms with E-state index >= 15 is 0 Å². The molecule has 0 atom stereocenters. The average molecular weight is 380 g/mol. The monoisotopic (exact) mass is 379 g/mol. The van der Waals surface area contributed by atoms with Gasteiger partial charge in [-0.25, -0.2) is 4.90 Å². The summed E-state index contributed by atoms with van der Waals surface area (Å²) in [4.78, 5) is 37.9. The lowest BCUT2D eigenvalue weighted by molar-refractivity contribution is -0.121. The number of amides is 2. The van der Waals surface area contributed by atoms with Crippen LogP contribution in [-0.4, -0.2) is 17.6 Å². The maximum atomic E-state index is 12.3. The SMILES string of the molecule is C=C(C)C(=O)C1CCC(CCc2ccc(N3C(=O)C(C)=C(C)C3=O)cc2)CC1. The van der Waals surface area contributed by atoms with Crippen molar-refractivity contribution in [2.75, 3.05) is 4.90 Å². The van der Waals surface area contributed by atoms with Gasteiger partial charge in [-0.2, -0.15) is 0 Å². The van der Waals surface area contributed by atoms with Crippen molar-refractivity contribution >= 4 is 23.3 Å². The molecule has 1 heterocycles. The minimum Gasteiger partial charge on any atom is -0.294 e. The summed E-state index contributed by atoms with van der Waals surface area (Å²) in [6.07, 6.45) is 6.23. The Morgan fingerprint density at radius 2 is 1.54 bits per heavy atom. The van der Waals surface area contributed by atoms with Crippen molar-refractivity contribution in [1.82, 2.24) is 0 Å². The molecule has 1 aliphatic carbocycles. The minimum absolute atomic E-state index is 0.170. The molecule has 0 bridgehead atoms. The standard InChI is InChI=1S/C24H29NO3/c1-15(2)22(26)20-11-7-18(8-12-20)5-6-19-9-13-21(14-10-19)25-23(27)16(3)17(4)24(25)28/h9-10,13-14,18,20H,1,5-8,11-12H2,2-4H3. The fraction of sp³-hybridized carbons (Fsp3) is 0.458. The number of ketones is 1. The molecule has 1 aromatic rings. The molecule has 4 heteroatoms. The molecule has 1 saturated carbocycles. The highest BCUT2D eigenvalue weighted by atomic mass is 16.2. The third-order valence-electron chi connectivity index (χ3n) is 6.28. The molecule has 1 aromatic carbocycles. The predicted molar refractivity (Wildman–Crippen MR) is 111 cm³/mol. The van der Waals surface area contributed by atoms with Crippen molar-refractivity contribution in [1.29, 1.82) is 0 Å². The second-order valence-corrected chi connectivity index (χ2v) is 8.26. The topological polar surface area (TPSA) is 54.5 Å². The predicted octanol–water partition coefficient (Wildman–Crippen LogP) is 4.78. The van der Waals surface area contributed by atoms with E-state index in [4.69, 9.17) is 0 Å². The molecular formula is C24H29NO3. The zero-order valence-electron chi connectivity index (χ0n) is 17.1. The van der Waals surface area contributed by atoms with Crippen LogP contribution >= 0.6 is 0 Å². The first-order valence-electron chi connectivity index (χ1n) is 10.1. The van der Waals surface area contributed by atoms with Gasteiger partial charge in [0.05, 0.1) is 5.69 Å². The van der Waals surface area contributed by atoms with E-state index in [-0.39, 0.29) is 23.5 Å². The first kappa shape index (κ1) is 20.2. The third kappa shape index (κ3) is 4.01. The van der Waals surface area contributed by atoms with E-state index in [9.17, 15) is 14.4 Å². The summed E-state index contributed by atoms with van der Waals surface area (Å²) in [7, 11) is 0. The molecule has 2 amide bonds. The van der Waals surface area contributed by atoms with Gasteiger partial charge in [-0.15, -0.1) is 0 Å². The number of hydrogen-bond donors (Lipinski definition) is 0. The van der Waals surface area contributed by atoms with E-state index in [0.29, 0.717) is 28.3 Å². The second-order valence-electron chi connectivity index (χ2n) is 8.26. The number of rotatable bonds is 6. The van der Waals surface area contributed by atoms with Crippen molar-refractivity contribution in [2.24, 2.45) is 11.8 Å². The van der Waals surface area contributed by atoms with Gasteiger partial charge >= 0.3 is 0 Å². The Morgan fingerprint density at radius 3 is 2.04 bits per heavy atom. The smallest absolute Gasteiger partial charge is 0.261 e. The molecule has 2 aliphatic rings. The van der Waals surface area contributed by atoms with Gasteiger partial charge in [0.2, 0.25) is 0 Å². The number of allylic oxidation sites excluding steroid dienone is 1. The van der Waals surface area contributed by atoms with E-state index in [1.165, 1.54) is 10.5 Å². The van der Waals surface area contributed by atoms with E-state index in [1.807, 2.05) is 24.3 Å². The van der Waals surface area contributed by atoms with Gasteiger partial charge < -0.3 is 0 Å². The van der Waals surface area contributed by atoms with Crippen LogP contribution in [0.1, 0.15) is 58.4 Å². The molecule has 0 spiro atoms. The molecule has 0 N–H and O–H groups in total. The summed E-state index contributed by atoms with van der Waals surface area (Å²) in [6.45, 7) is 8.98. The number of nitrogens with zero attached hydrogens (tertiary/aromatic N) is 1. The molecule has 4 nitrogen and oxygen atoms in total. The number of benzene rings is 1. The van der Waals surface area contributed by atoms with Crippen LogP contribution in [-0.2, 0) is 20.8 Å². The van der Waals surface area contributed by atoms with Gasteiger partial charge in [-0.1, -0.05) is 18.7 Å². The van der Waals surface area contributed by atoms with Gasteiger partial charge in [0.1, 0.15) is 0 Å². The summed E-state index contributed by atoms with van der Waals surface area (Å²) >= 11 is 0. The van der Waals surface area contributed by atoms with Crippen LogP contribution in [0.15, 0.2) is 47.6 Å². The zero-order valence-corrected chi connectivity index (χ0v) is 17.1. The van der Waals surface area contributed by atoms with Crippen molar-refractivity contribution in [3.05, 3.63) is 53.1 Å². The minimum atomic E-state index is -0.226. The molecule has 0 saturated heterocycles. The van der Waals surface area contributed by atoms with Crippen molar-refractivity contribution in [3.63, 3.8) is 0 Å². The molecule has 0 aromatic heterocycles. The largest absolute Gasteiger partial charge is 0.294 e. The first-order chi connectivity index (χ1) is 13.3. The highest BCUT2D eigenvalue weighted by Gasteiger charge is 2.34. The first-order valence-corrected chi connectivity index (χ1v) is 10.1. The molecular weight excluding hydrogens is 350 g/mol. The molecule has 1 fully saturated rings. The lowest BCUT2D eigenvalue weighted by atomic mass is 9.77. The Kier molecular flexibility index (Phi) is 5.97. The molecule has 28 heavy (non-hydrogen) atoms. The fourth-order valence-corrected chi connectivity index (χ4v) is 4.23. The Balaban J connectivity index is 1.52. The summed E-state index contributed by atoms with van der Waals surface area (Å²) in [5.41, 5.74) is 3.57. The fourth-order valence-electron chi connectivity index (χ4n) is 4.23. The van der Waals surface area contributed by atoms with Crippen LogP contribution in [0.5, 0.6) is 0 Å². The van der Waals surface area contributed by atoms with E-state index in [2.05, 4.69) is 6.58 Å². The summed E-state index contributed by atoms with van der Waals surface area (Å²) < 4.78 is 0. The van der Waals surface area contributed by atoms with Gasteiger partial charge in [0.15, 0.2) is 5.78 Å². The second kappa shape index (κ2) is 8.26. The highest BCUT2D eigenvalue weighted by Crippen LogP contribution is 2.33. The normalized spacial score (nSPS) is 22.8. The number of aryl methyl sites for hydroxylation is 1. The third-order valence-corrected chi connectivity index (χ3v) is 6.28. The van der Waals surface area contributed by atoms with Crippen LogP contribution in [0, 0.1) is 11.8 Å². The average Bonchev–Trinajstić information content (AvgIpc) is 2.89. The summed E-state index contributed by atoms with van der Waals surface area (Å²) in [5, 5.41) is 0. The Labute approximate surface area is 167 Å². The number of imide groups is 1. The van der Waals surface area contributed by atoms with Gasteiger partial charge in [0.25, 0.3) is 11.8 Å². The number of anilines is 1. The molecule has 0 unspecified atom stereocenters. The van der Waals surface area contributed by atoms with Crippen LogP contribution < -0.4 is 4.90 Å². The van der Waals surface area contributed by atoms with Crippen LogP contribution in [0.25, 0.3) is 0 Å². The highest BCUT2D eigenvalue weighted by molar-refractivity contribution is 6.32. The van der Waals surface area contributed by atoms with Crippen LogP contribution in [0.2, 0.25) is 0 Å². The van der Waals surface area contributed by atoms with Gasteiger partial charge in [-0.3, -0.25) is 14.4 Å². The number of hydrogen-bond acceptors (Lipinski definition) is 3. The zero-order chi connectivity index (χ0) is 20.4. The van der Waals surface area contributed by atoms with E-state index in [0.717, 1.165) is 38.5 Å². The van der Waals surface area contributed by atoms with Crippen LogP contribution in [0.3, 0.4) is 0 Å². The number of Topliss-reactive ketones (excluding diaryl/α,β-unsaturated/α-hetero) is 1. The lowest BCUT2D eigenvalue weighted by Gasteiger charge is -2.27. The van der Waals surface area contributed by atoms with Crippen molar-refractivity contribution in [3.8, 4) is 0 Å². The molecule has 1 aliphatic heterocycles. The van der Waals surface area contributed by atoms with Gasteiger partial charge in [0, 0.05) is 17.1 Å². The summed E-state index contributed by atoms with van der Waals surface area (Å²) in [5.74, 6) is 0.613. The Morgan fingerprint density at radius 1 is 1.00 bits per heavy atom. The Hall–Kier alpha value is -2.49. The maximum absolute atomic E-state index is 12.3. The van der Waals surface area contributed by atoms with E-state index < -0.39 is 0 Å². The van der Waals surface area contributed by atoms with Crippen molar-refractivity contribution in [2.45, 2.75) is 59.3 Å². The van der Waals surface area contributed by atoms with E-state index in [1.54, 1.807) is 20.8 Å². The molecule has 0 radical (unpaired) electrons. The quantitative estimate of drug-likeness (QED) is 0.528. The maximum Gasteiger partial charge on any atom is 0.261 e. The number of carbonyl (C=O) groups excluding carboxylic acids is 3. The van der Waals surface area contributed by atoms with Crippen molar-refractivity contribution < 1.29 is 14.4 Å². The lowest BCUT2D eigenvalue weighted by Crippen LogP contribution is -2.31. The summed E-state index contributed by atoms with van der Waals surface area (Å²) in [6, 6.07) is 7.74.